The van der Waals surface area contributed by atoms with Crippen LogP contribution < -0.4 is 0 Å². The molecular weight excluding hydrogens is 398 g/mol. The molecule has 5 heteroatoms. The monoisotopic (exact) mass is 419 g/mol. The largest absolute Gasteiger partial charge is 0.465 e. The number of rotatable bonds is 7. The average Bonchev–Trinajstić information content (AvgIpc) is 2.77. The van der Waals surface area contributed by atoms with E-state index in [0.29, 0.717) is 23.7 Å². The summed E-state index contributed by atoms with van der Waals surface area (Å²) in [5, 5.41) is 0.640. The molecule has 3 aromatic carbocycles. The highest BCUT2D eigenvalue weighted by molar-refractivity contribution is 6.30. The van der Waals surface area contributed by atoms with Crippen molar-refractivity contribution in [3.8, 4) is 0 Å². The van der Waals surface area contributed by atoms with Gasteiger partial charge >= 0.3 is 5.97 Å². The number of hydrogen-bond acceptors (Lipinski definition) is 3. The molecule has 0 atom stereocenters. The number of nitrogens with zero attached hydrogens (tertiary/aromatic N) is 1. The fourth-order valence-electron chi connectivity index (χ4n) is 2.99. The van der Waals surface area contributed by atoms with E-state index in [4.69, 9.17) is 16.3 Å². The Labute approximate surface area is 181 Å². The summed E-state index contributed by atoms with van der Waals surface area (Å²) in [6.07, 6.45) is 3.28. The minimum absolute atomic E-state index is 0.115. The van der Waals surface area contributed by atoms with E-state index in [0.717, 1.165) is 16.7 Å². The first kappa shape index (κ1) is 21.3. The molecule has 0 radical (unpaired) electrons. The van der Waals surface area contributed by atoms with Crippen molar-refractivity contribution in [2.45, 2.75) is 13.1 Å². The Kier molecular flexibility index (Phi) is 7.41. The Morgan fingerprint density at radius 1 is 0.900 bits per heavy atom. The van der Waals surface area contributed by atoms with Gasteiger partial charge in [0.2, 0.25) is 5.91 Å². The minimum atomic E-state index is -0.392. The number of carbonyl (C=O) groups excluding carboxylic acids is 2. The summed E-state index contributed by atoms with van der Waals surface area (Å²) in [6, 6.07) is 24.2. The van der Waals surface area contributed by atoms with Gasteiger partial charge in [-0.05, 0) is 47.0 Å². The molecule has 0 saturated carbocycles. The summed E-state index contributed by atoms with van der Waals surface area (Å²) in [5.74, 6) is -0.506. The lowest BCUT2D eigenvalue weighted by molar-refractivity contribution is -0.127. The van der Waals surface area contributed by atoms with E-state index in [9.17, 15) is 9.59 Å². The van der Waals surface area contributed by atoms with E-state index in [-0.39, 0.29) is 5.91 Å². The molecule has 0 bridgehead atoms. The SMILES string of the molecule is COC(=O)c1ccc(/C=C/C(=O)N(Cc2ccccc2)Cc2cccc(Cl)c2)cc1. The number of carbonyl (C=O) groups is 2. The fraction of sp³-hybridized carbons (Fsp3) is 0.120. The lowest BCUT2D eigenvalue weighted by atomic mass is 10.1. The van der Waals surface area contributed by atoms with E-state index in [1.54, 1.807) is 41.3 Å². The highest BCUT2D eigenvalue weighted by Crippen LogP contribution is 2.16. The molecule has 1 amide bonds. The molecule has 0 spiro atoms. The maximum Gasteiger partial charge on any atom is 0.337 e. The fourth-order valence-corrected chi connectivity index (χ4v) is 3.21. The number of hydrogen-bond donors (Lipinski definition) is 0. The number of ether oxygens (including phenoxy) is 1. The normalized spacial score (nSPS) is 10.7. The van der Waals surface area contributed by atoms with Crippen LogP contribution in [0.2, 0.25) is 5.02 Å². The Morgan fingerprint density at radius 3 is 2.23 bits per heavy atom. The van der Waals surface area contributed by atoms with Crippen molar-refractivity contribution in [2.75, 3.05) is 7.11 Å². The Morgan fingerprint density at radius 2 is 1.57 bits per heavy atom. The van der Waals surface area contributed by atoms with Crippen LogP contribution >= 0.6 is 11.6 Å². The molecule has 0 aliphatic heterocycles. The van der Waals surface area contributed by atoms with Crippen molar-refractivity contribution in [3.05, 3.63) is 112 Å². The van der Waals surface area contributed by atoms with Crippen LogP contribution in [0.25, 0.3) is 6.08 Å². The zero-order chi connectivity index (χ0) is 21.3. The van der Waals surface area contributed by atoms with Crippen LogP contribution in [-0.2, 0) is 22.6 Å². The van der Waals surface area contributed by atoms with Gasteiger partial charge in [-0.25, -0.2) is 4.79 Å². The van der Waals surface area contributed by atoms with Crippen LogP contribution in [0.1, 0.15) is 27.0 Å². The number of halogens is 1. The van der Waals surface area contributed by atoms with E-state index >= 15 is 0 Å². The molecule has 152 valence electrons. The number of amides is 1. The van der Waals surface area contributed by atoms with Crippen LogP contribution in [0, 0.1) is 0 Å². The van der Waals surface area contributed by atoms with Crippen molar-refractivity contribution in [3.63, 3.8) is 0 Å². The molecule has 0 heterocycles. The second kappa shape index (κ2) is 10.4. The third-order valence-corrected chi connectivity index (χ3v) is 4.78. The third kappa shape index (κ3) is 6.06. The van der Waals surface area contributed by atoms with Crippen LogP contribution in [0.4, 0.5) is 0 Å². The first-order chi connectivity index (χ1) is 14.5. The summed E-state index contributed by atoms with van der Waals surface area (Å²) < 4.78 is 4.70. The Hall–Kier alpha value is -3.37. The predicted molar refractivity (Wildman–Crippen MR) is 119 cm³/mol. The second-order valence-corrected chi connectivity index (χ2v) is 7.19. The van der Waals surface area contributed by atoms with Crippen molar-refractivity contribution in [2.24, 2.45) is 0 Å². The van der Waals surface area contributed by atoms with Gasteiger partial charge in [0.25, 0.3) is 0 Å². The summed E-state index contributed by atoms with van der Waals surface area (Å²) in [6.45, 7) is 0.928. The summed E-state index contributed by atoms with van der Waals surface area (Å²) in [5.41, 5.74) is 3.29. The summed E-state index contributed by atoms with van der Waals surface area (Å²) in [7, 11) is 1.34. The first-order valence-electron chi connectivity index (χ1n) is 9.49. The van der Waals surface area contributed by atoms with Gasteiger partial charge in [-0.3, -0.25) is 4.79 Å². The molecular formula is C25H22ClNO3. The van der Waals surface area contributed by atoms with Gasteiger partial charge < -0.3 is 9.64 Å². The van der Waals surface area contributed by atoms with E-state index < -0.39 is 5.97 Å². The maximum absolute atomic E-state index is 13.0. The minimum Gasteiger partial charge on any atom is -0.465 e. The van der Waals surface area contributed by atoms with Crippen molar-refractivity contribution >= 4 is 29.6 Å². The van der Waals surface area contributed by atoms with Gasteiger partial charge in [0.1, 0.15) is 0 Å². The smallest absolute Gasteiger partial charge is 0.337 e. The molecule has 3 aromatic rings. The van der Waals surface area contributed by atoms with Gasteiger partial charge in [0, 0.05) is 24.2 Å². The average molecular weight is 420 g/mol. The van der Waals surface area contributed by atoms with Gasteiger partial charge in [-0.2, -0.15) is 0 Å². The van der Waals surface area contributed by atoms with Crippen molar-refractivity contribution in [1.82, 2.24) is 4.90 Å². The lowest BCUT2D eigenvalue weighted by Crippen LogP contribution is -2.28. The van der Waals surface area contributed by atoms with Crippen molar-refractivity contribution < 1.29 is 14.3 Å². The highest BCUT2D eigenvalue weighted by atomic mass is 35.5. The molecule has 30 heavy (non-hydrogen) atoms. The number of benzene rings is 3. The van der Waals surface area contributed by atoms with Crippen LogP contribution in [-0.4, -0.2) is 23.9 Å². The predicted octanol–water partition coefficient (Wildman–Crippen LogP) is 5.37. The summed E-state index contributed by atoms with van der Waals surface area (Å²) >= 11 is 6.10. The molecule has 0 aliphatic rings. The molecule has 0 fully saturated rings. The van der Waals surface area contributed by atoms with Crippen LogP contribution in [0.15, 0.2) is 84.9 Å². The summed E-state index contributed by atoms with van der Waals surface area (Å²) in [4.78, 5) is 26.3. The lowest BCUT2D eigenvalue weighted by Gasteiger charge is -2.22. The number of methoxy groups -OCH3 is 1. The quantitative estimate of drug-likeness (QED) is 0.382. The van der Waals surface area contributed by atoms with E-state index in [1.807, 2.05) is 54.6 Å². The zero-order valence-electron chi connectivity index (χ0n) is 16.6. The zero-order valence-corrected chi connectivity index (χ0v) is 17.4. The number of esters is 1. The Bertz CT molecular complexity index is 1030. The molecule has 0 unspecified atom stereocenters. The topological polar surface area (TPSA) is 46.6 Å². The van der Waals surface area contributed by atoms with Gasteiger partial charge in [-0.15, -0.1) is 0 Å². The van der Waals surface area contributed by atoms with Gasteiger partial charge in [-0.1, -0.05) is 66.2 Å². The van der Waals surface area contributed by atoms with Crippen LogP contribution in [0.5, 0.6) is 0 Å². The van der Waals surface area contributed by atoms with E-state index in [1.165, 1.54) is 7.11 Å². The highest BCUT2D eigenvalue weighted by Gasteiger charge is 2.13. The molecule has 0 N–H and O–H groups in total. The van der Waals surface area contributed by atoms with Gasteiger partial charge in [0.05, 0.1) is 12.7 Å². The van der Waals surface area contributed by atoms with Crippen molar-refractivity contribution in [1.29, 1.82) is 0 Å². The molecule has 4 nitrogen and oxygen atoms in total. The molecule has 0 saturated heterocycles. The molecule has 0 aromatic heterocycles. The maximum atomic E-state index is 13.0. The Balaban J connectivity index is 1.76. The van der Waals surface area contributed by atoms with Gasteiger partial charge in [0.15, 0.2) is 0 Å². The second-order valence-electron chi connectivity index (χ2n) is 6.76. The van der Waals surface area contributed by atoms with Crippen LogP contribution in [0.3, 0.4) is 0 Å². The van der Waals surface area contributed by atoms with E-state index in [2.05, 4.69) is 0 Å². The standard InChI is InChI=1S/C25H22ClNO3/c1-30-25(29)22-13-10-19(11-14-22)12-15-24(28)27(17-20-6-3-2-4-7-20)18-21-8-5-9-23(26)16-21/h2-16H,17-18H2,1H3/b15-12+. The molecule has 0 aliphatic carbocycles. The third-order valence-electron chi connectivity index (χ3n) is 4.54. The molecule has 3 rings (SSSR count). The first-order valence-corrected chi connectivity index (χ1v) is 9.86.